The second-order valence-electron chi connectivity index (χ2n) is 6.62. The van der Waals surface area contributed by atoms with Crippen LogP contribution in [0.1, 0.15) is 33.4 Å². The molecule has 0 amide bonds. The number of alkyl halides is 2. The van der Waals surface area contributed by atoms with Gasteiger partial charge in [0.05, 0.1) is 0 Å². The molecule has 142 valence electrons. The van der Waals surface area contributed by atoms with Gasteiger partial charge < -0.3 is 5.11 Å². The molecule has 5 nitrogen and oxygen atoms in total. The van der Waals surface area contributed by atoms with Crippen molar-refractivity contribution in [3.63, 3.8) is 0 Å². The van der Waals surface area contributed by atoms with E-state index in [1.165, 1.54) is 9.99 Å². The van der Waals surface area contributed by atoms with Crippen molar-refractivity contribution in [2.24, 2.45) is 0 Å². The average molecular weight is 476 g/mol. The summed E-state index contributed by atoms with van der Waals surface area (Å²) >= 11 is 0.375. The summed E-state index contributed by atoms with van der Waals surface area (Å²) in [5.41, 5.74) is 6.41. The number of hydrogen-bond donors (Lipinski definition) is 1. The second-order valence-corrected chi connectivity index (χ2v) is 9.89. The van der Waals surface area contributed by atoms with E-state index in [1.54, 1.807) is 0 Å². The van der Waals surface area contributed by atoms with Crippen molar-refractivity contribution in [3.05, 3.63) is 65.1 Å². The first-order valence-corrected chi connectivity index (χ1v) is 11.9. The van der Waals surface area contributed by atoms with Crippen LogP contribution in [0.4, 0.5) is 0 Å². The van der Waals surface area contributed by atoms with E-state index in [2.05, 4.69) is 40.4 Å². The van der Waals surface area contributed by atoms with E-state index in [-0.39, 0.29) is 6.61 Å². The number of ether oxygens (including phenoxy) is 1. The molecule has 1 saturated heterocycles. The fraction of sp³-hybridized carbons (Fsp3) is 0.333. The predicted octanol–water partition coefficient (Wildman–Crippen LogP) is 0.337. The number of rotatable bonds is 7. The number of nitrogens with zero attached hydrogens (tertiary/aromatic N) is 3. The van der Waals surface area contributed by atoms with Crippen molar-refractivity contribution >= 4 is 0 Å². The van der Waals surface area contributed by atoms with Gasteiger partial charge in [0.2, 0.25) is 0 Å². The van der Waals surface area contributed by atoms with Gasteiger partial charge in [0.15, 0.2) is 0 Å². The number of aliphatic hydroxyl groups excluding tert-OH is 1. The second kappa shape index (κ2) is 7.98. The number of aryl methyl sites for hydroxylation is 1. The summed E-state index contributed by atoms with van der Waals surface area (Å²) in [7, 11) is 0. The van der Waals surface area contributed by atoms with Crippen LogP contribution in [0.5, 0.6) is 5.88 Å². The normalized spacial score (nSPS) is 16.0. The average Bonchev–Trinajstić information content (AvgIpc) is 3.48. The van der Waals surface area contributed by atoms with Crippen molar-refractivity contribution < 1.29 is 31.0 Å². The van der Waals surface area contributed by atoms with E-state index in [9.17, 15) is 5.11 Å². The molecule has 1 N–H and O–H groups in total. The SMILES string of the molecule is CCOc1ncc(Cn2nc(CO)cc2C)cc1-c1cccc(C2C[I-]2)c1. The van der Waals surface area contributed by atoms with Gasteiger partial charge in [-0.25, -0.2) is 0 Å². The van der Waals surface area contributed by atoms with Crippen LogP contribution >= 0.6 is 0 Å². The minimum absolute atomic E-state index is 0.0444. The molecule has 0 spiro atoms. The molecule has 1 fully saturated rings. The zero-order chi connectivity index (χ0) is 18.8. The first kappa shape index (κ1) is 18.4. The molecular formula is C21H23IN3O2-. The number of benzene rings is 1. The van der Waals surface area contributed by atoms with Gasteiger partial charge in [-0.15, -0.1) is 0 Å². The van der Waals surface area contributed by atoms with E-state index in [0.717, 1.165) is 26.3 Å². The van der Waals surface area contributed by atoms with Crippen LogP contribution in [0.3, 0.4) is 0 Å². The van der Waals surface area contributed by atoms with Crippen LogP contribution in [0.25, 0.3) is 11.1 Å². The molecule has 1 unspecified atom stereocenters. The molecule has 3 heterocycles. The third-order valence-corrected chi connectivity index (χ3v) is 7.06. The zero-order valence-electron chi connectivity index (χ0n) is 15.5. The predicted molar refractivity (Wildman–Crippen MR) is 100 cm³/mol. The summed E-state index contributed by atoms with van der Waals surface area (Å²) < 4.78 is 9.91. The summed E-state index contributed by atoms with van der Waals surface area (Å²) in [5, 5.41) is 13.7. The maximum atomic E-state index is 9.30. The summed E-state index contributed by atoms with van der Waals surface area (Å²) in [6.45, 7) is 5.14. The van der Waals surface area contributed by atoms with Crippen LogP contribution in [0, 0.1) is 6.92 Å². The summed E-state index contributed by atoms with van der Waals surface area (Å²) in [6.07, 6.45) is 1.85. The summed E-state index contributed by atoms with van der Waals surface area (Å²) in [4.78, 5) is 4.58. The van der Waals surface area contributed by atoms with Crippen LogP contribution in [-0.4, -0.2) is 30.9 Å². The van der Waals surface area contributed by atoms with Crippen molar-refractivity contribution in [3.8, 4) is 17.0 Å². The monoisotopic (exact) mass is 476 g/mol. The van der Waals surface area contributed by atoms with Gasteiger partial charge in [0.25, 0.3) is 0 Å². The number of pyridine rings is 1. The minimum atomic E-state index is -0.0444. The third-order valence-electron chi connectivity index (χ3n) is 4.58. The Morgan fingerprint density at radius 3 is 2.85 bits per heavy atom. The fourth-order valence-electron chi connectivity index (χ4n) is 3.15. The molecule has 1 aliphatic heterocycles. The first-order chi connectivity index (χ1) is 13.2. The quantitative estimate of drug-likeness (QED) is 0.395. The zero-order valence-corrected chi connectivity index (χ0v) is 17.7. The Morgan fingerprint density at radius 2 is 2.15 bits per heavy atom. The summed E-state index contributed by atoms with van der Waals surface area (Å²) in [6, 6.07) is 12.9. The fourth-order valence-corrected chi connectivity index (χ4v) is 4.81. The van der Waals surface area contributed by atoms with E-state index >= 15 is 0 Å². The maximum absolute atomic E-state index is 9.30. The molecular weight excluding hydrogens is 453 g/mol. The van der Waals surface area contributed by atoms with Crippen LogP contribution < -0.4 is 25.9 Å². The van der Waals surface area contributed by atoms with Crippen LogP contribution in [-0.2, 0) is 13.2 Å². The van der Waals surface area contributed by atoms with Gasteiger partial charge in [-0.2, -0.15) is 0 Å². The number of aromatic nitrogens is 3. The topological polar surface area (TPSA) is 60.2 Å². The van der Waals surface area contributed by atoms with Crippen molar-refractivity contribution in [2.75, 3.05) is 11.0 Å². The van der Waals surface area contributed by atoms with E-state index in [0.29, 0.717) is 45.9 Å². The van der Waals surface area contributed by atoms with Gasteiger partial charge in [0.1, 0.15) is 0 Å². The van der Waals surface area contributed by atoms with Gasteiger partial charge in [0, 0.05) is 0 Å². The van der Waals surface area contributed by atoms with Gasteiger partial charge in [-0.3, -0.25) is 0 Å². The standard InChI is InChI=1S/C21H23IN3O2/c1-3-27-21-19(16-5-4-6-17(9-16)20-10-22-20)8-15(11-23-21)12-25-14(2)7-18(13-26)24-25/h4-9,11,20,26H,3,10,12-13H2,1-2H3/q-1. The van der Waals surface area contributed by atoms with E-state index in [1.807, 2.05) is 30.8 Å². The Balaban J connectivity index is 1.69. The molecule has 0 saturated carbocycles. The van der Waals surface area contributed by atoms with Crippen LogP contribution in [0.2, 0.25) is 0 Å². The molecule has 27 heavy (non-hydrogen) atoms. The number of hydrogen-bond acceptors (Lipinski definition) is 4. The molecule has 2 aromatic heterocycles. The van der Waals surface area contributed by atoms with Crippen molar-refractivity contribution in [2.45, 2.75) is 30.9 Å². The third kappa shape index (κ3) is 4.16. The number of aliphatic hydroxyl groups is 1. The Kier molecular flexibility index (Phi) is 5.45. The molecule has 6 heteroatoms. The van der Waals surface area contributed by atoms with E-state index < -0.39 is 0 Å². The van der Waals surface area contributed by atoms with Crippen LogP contribution in [0.15, 0.2) is 42.6 Å². The molecule has 3 aromatic rings. The van der Waals surface area contributed by atoms with Gasteiger partial charge in [-0.1, -0.05) is 0 Å². The molecule has 0 aliphatic carbocycles. The molecule has 1 aromatic carbocycles. The number of halogens is 1. The van der Waals surface area contributed by atoms with E-state index in [4.69, 9.17) is 4.74 Å². The Morgan fingerprint density at radius 1 is 1.30 bits per heavy atom. The van der Waals surface area contributed by atoms with Crippen molar-refractivity contribution in [1.29, 1.82) is 0 Å². The molecule has 1 aliphatic rings. The van der Waals surface area contributed by atoms with Crippen molar-refractivity contribution in [1.82, 2.24) is 14.8 Å². The summed E-state index contributed by atoms with van der Waals surface area (Å²) in [5.74, 6) is 0.678. The first-order valence-electron chi connectivity index (χ1n) is 9.12. The van der Waals surface area contributed by atoms with Gasteiger partial charge in [-0.05, 0) is 0 Å². The molecule has 0 bridgehead atoms. The van der Waals surface area contributed by atoms with Gasteiger partial charge >= 0.3 is 165 Å². The molecule has 0 radical (unpaired) electrons. The Bertz CT molecular complexity index is 950. The molecule has 1 atom stereocenters. The molecule has 4 rings (SSSR count). The Hall–Kier alpha value is -1.93. The Labute approximate surface area is 169 Å².